The van der Waals surface area contributed by atoms with Crippen molar-refractivity contribution < 1.29 is 19.4 Å². The van der Waals surface area contributed by atoms with Crippen molar-refractivity contribution in [3.8, 4) is 0 Å². The molecule has 5 nitrogen and oxygen atoms in total. The molecule has 2 aliphatic heterocycles. The lowest BCUT2D eigenvalue weighted by Crippen LogP contribution is -2.58. The molecule has 0 amide bonds. The maximum Gasteiger partial charge on any atom is 0.305 e. The summed E-state index contributed by atoms with van der Waals surface area (Å²) >= 11 is 0. The smallest absolute Gasteiger partial charge is 0.305 e. The summed E-state index contributed by atoms with van der Waals surface area (Å²) in [6.07, 6.45) is 0.163. The summed E-state index contributed by atoms with van der Waals surface area (Å²) in [5.41, 5.74) is 0. The van der Waals surface area contributed by atoms with Crippen LogP contribution in [0.5, 0.6) is 0 Å². The first-order valence-corrected chi connectivity index (χ1v) is 4.90. The van der Waals surface area contributed by atoms with Crippen molar-refractivity contribution in [3.05, 3.63) is 0 Å². The number of hydrogen-bond acceptors (Lipinski definition) is 4. The molecule has 14 heavy (non-hydrogen) atoms. The second-order valence-electron chi connectivity index (χ2n) is 3.76. The first-order chi connectivity index (χ1) is 6.77. The number of rotatable bonds is 3. The Balaban J connectivity index is 1.92. The average Bonchev–Trinajstić information content (AvgIpc) is 2.04. The number of ether oxygens (including phenoxy) is 2. The Labute approximate surface area is 82.6 Å². The van der Waals surface area contributed by atoms with Crippen molar-refractivity contribution in [2.45, 2.75) is 18.5 Å². The quantitative estimate of drug-likeness (QED) is 0.671. The van der Waals surface area contributed by atoms with Crippen molar-refractivity contribution in [1.82, 2.24) is 4.90 Å². The molecule has 0 aromatic heterocycles. The Kier molecular flexibility index (Phi) is 3.00. The van der Waals surface area contributed by atoms with E-state index in [1.165, 1.54) is 0 Å². The van der Waals surface area contributed by atoms with Crippen LogP contribution in [0.4, 0.5) is 0 Å². The number of carbonyl (C=O) groups is 1. The maximum absolute atomic E-state index is 10.6. The van der Waals surface area contributed by atoms with E-state index in [0.29, 0.717) is 19.3 Å². The molecule has 80 valence electrons. The molecule has 0 bridgehead atoms. The Bertz CT molecular complexity index is 217. The molecule has 2 saturated heterocycles. The van der Waals surface area contributed by atoms with Crippen molar-refractivity contribution in [1.29, 1.82) is 0 Å². The monoisotopic (exact) mass is 201 g/mol. The second-order valence-corrected chi connectivity index (χ2v) is 3.76. The highest BCUT2D eigenvalue weighted by Crippen LogP contribution is 2.19. The molecule has 0 aliphatic carbocycles. The van der Waals surface area contributed by atoms with Crippen LogP contribution < -0.4 is 0 Å². The third kappa shape index (κ3) is 2.05. The third-order valence-corrected chi connectivity index (χ3v) is 2.77. The molecule has 0 saturated carbocycles. The predicted octanol–water partition coefficient (Wildman–Crippen LogP) is -0.439. The molecule has 0 spiro atoms. The predicted molar refractivity (Wildman–Crippen MR) is 48.2 cm³/mol. The number of hydrogen-bond donors (Lipinski definition) is 1. The summed E-state index contributed by atoms with van der Waals surface area (Å²) < 4.78 is 10.4. The highest BCUT2D eigenvalue weighted by atomic mass is 16.5. The largest absolute Gasteiger partial charge is 0.481 e. The van der Waals surface area contributed by atoms with Gasteiger partial charge in [-0.05, 0) is 0 Å². The lowest BCUT2D eigenvalue weighted by atomic mass is 10.1. The second kappa shape index (κ2) is 4.25. The van der Waals surface area contributed by atoms with E-state index in [0.717, 1.165) is 19.8 Å². The summed E-state index contributed by atoms with van der Waals surface area (Å²) in [7, 11) is 0. The van der Waals surface area contributed by atoms with E-state index >= 15 is 0 Å². The van der Waals surface area contributed by atoms with Gasteiger partial charge in [0.15, 0.2) is 0 Å². The number of carboxylic acids is 1. The van der Waals surface area contributed by atoms with E-state index in [1.54, 1.807) is 0 Å². The van der Waals surface area contributed by atoms with Crippen LogP contribution in [0.15, 0.2) is 0 Å². The number of carboxylic acid groups (broad SMARTS) is 1. The fourth-order valence-corrected chi connectivity index (χ4v) is 1.94. The van der Waals surface area contributed by atoms with Crippen LogP contribution in [-0.4, -0.2) is 61.0 Å². The zero-order chi connectivity index (χ0) is 9.97. The Morgan fingerprint density at radius 2 is 2.14 bits per heavy atom. The van der Waals surface area contributed by atoms with E-state index < -0.39 is 5.97 Å². The van der Waals surface area contributed by atoms with Gasteiger partial charge < -0.3 is 14.6 Å². The molecule has 0 radical (unpaired) electrons. The van der Waals surface area contributed by atoms with Gasteiger partial charge in [0.25, 0.3) is 0 Å². The van der Waals surface area contributed by atoms with Crippen LogP contribution in [0.2, 0.25) is 0 Å². The number of aliphatic carboxylic acids is 1. The van der Waals surface area contributed by atoms with E-state index in [9.17, 15) is 4.79 Å². The highest BCUT2D eigenvalue weighted by Gasteiger charge is 2.34. The fraction of sp³-hybridized carbons (Fsp3) is 0.889. The summed E-state index contributed by atoms with van der Waals surface area (Å²) in [6, 6.07) is 0.429. The zero-order valence-corrected chi connectivity index (χ0v) is 8.02. The van der Waals surface area contributed by atoms with E-state index in [2.05, 4.69) is 4.90 Å². The van der Waals surface area contributed by atoms with Crippen molar-refractivity contribution in [2.24, 2.45) is 0 Å². The third-order valence-electron chi connectivity index (χ3n) is 2.77. The molecule has 2 heterocycles. The van der Waals surface area contributed by atoms with Crippen LogP contribution >= 0.6 is 0 Å². The summed E-state index contributed by atoms with van der Waals surface area (Å²) in [4.78, 5) is 12.8. The molecule has 0 aromatic carbocycles. The Morgan fingerprint density at radius 1 is 1.36 bits per heavy atom. The average molecular weight is 201 g/mol. The minimum absolute atomic E-state index is 0.0233. The van der Waals surface area contributed by atoms with Crippen LogP contribution in [0.25, 0.3) is 0 Å². The summed E-state index contributed by atoms with van der Waals surface area (Å²) in [6.45, 7) is 3.52. The van der Waals surface area contributed by atoms with E-state index in [1.807, 2.05) is 0 Å². The van der Waals surface area contributed by atoms with Gasteiger partial charge >= 0.3 is 5.97 Å². The van der Waals surface area contributed by atoms with Gasteiger partial charge in [0, 0.05) is 12.6 Å². The molecular formula is C9H15NO4. The minimum atomic E-state index is -0.759. The van der Waals surface area contributed by atoms with E-state index in [-0.39, 0.29) is 12.5 Å². The molecule has 1 unspecified atom stereocenters. The van der Waals surface area contributed by atoms with Gasteiger partial charge in [-0.15, -0.1) is 0 Å². The summed E-state index contributed by atoms with van der Waals surface area (Å²) in [5, 5.41) is 8.74. The topological polar surface area (TPSA) is 59.0 Å². The molecule has 0 aromatic rings. The van der Waals surface area contributed by atoms with Gasteiger partial charge in [-0.3, -0.25) is 9.69 Å². The van der Waals surface area contributed by atoms with E-state index in [4.69, 9.17) is 14.6 Å². The molecular weight excluding hydrogens is 186 g/mol. The zero-order valence-electron chi connectivity index (χ0n) is 8.02. The lowest BCUT2D eigenvalue weighted by molar-refractivity contribution is -0.146. The SMILES string of the molecule is O=C(O)CC1COCCN1C1COC1. The highest BCUT2D eigenvalue weighted by molar-refractivity contribution is 5.67. The van der Waals surface area contributed by atoms with Gasteiger partial charge in [0.05, 0.1) is 38.9 Å². The molecule has 2 rings (SSSR count). The van der Waals surface area contributed by atoms with Crippen LogP contribution in [0.1, 0.15) is 6.42 Å². The van der Waals surface area contributed by atoms with Crippen molar-refractivity contribution in [2.75, 3.05) is 33.0 Å². The van der Waals surface area contributed by atoms with Crippen LogP contribution in [0, 0.1) is 0 Å². The van der Waals surface area contributed by atoms with Gasteiger partial charge in [0.1, 0.15) is 0 Å². The number of nitrogens with zero attached hydrogens (tertiary/aromatic N) is 1. The standard InChI is InChI=1S/C9H15NO4/c11-9(12)3-7-4-13-2-1-10(7)8-5-14-6-8/h7-8H,1-6H2,(H,11,12). The van der Waals surface area contributed by atoms with Gasteiger partial charge in [0.2, 0.25) is 0 Å². The maximum atomic E-state index is 10.6. The van der Waals surface area contributed by atoms with Gasteiger partial charge in [-0.2, -0.15) is 0 Å². The number of morpholine rings is 1. The van der Waals surface area contributed by atoms with Crippen LogP contribution in [0.3, 0.4) is 0 Å². The normalized spacial score (nSPS) is 29.9. The van der Waals surface area contributed by atoms with Crippen molar-refractivity contribution >= 4 is 5.97 Å². The molecule has 2 fully saturated rings. The van der Waals surface area contributed by atoms with Gasteiger partial charge in [-0.25, -0.2) is 0 Å². The Morgan fingerprint density at radius 3 is 2.71 bits per heavy atom. The first-order valence-electron chi connectivity index (χ1n) is 4.90. The van der Waals surface area contributed by atoms with Gasteiger partial charge in [-0.1, -0.05) is 0 Å². The van der Waals surface area contributed by atoms with Crippen LogP contribution in [-0.2, 0) is 14.3 Å². The molecule has 5 heteroatoms. The Hall–Kier alpha value is -0.650. The summed E-state index contributed by atoms with van der Waals surface area (Å²) in [5.74, 6) is -0.759. The first kappa shape index (κ1) is 9.89. The van der Waals surface area contributed by atoms with Crippen molar-refractivity contribution in [3.63, 3.8) is 0 Å². The molecule has 1 N–H and O–H groups in total. The fourth-order valence-electron chi connectivity index (χ4n) is 1.94. The molecule has 2 aliphatic rings. The minimum Gasteiger partial charge on any atom is -0.481 e. The lowest BCUT2D eigenvalue weighted by Gasteiger charge is -2.43. The molecule has 1 atom stereocenters.